The van der Waals surface area contributed by atoms with Gasteiger partial charge in [0.1, 0.15) is 0 Å². The Hall–Kier alpha value is -2.29. The van der Waals surface area contributed by atoms with Crippen LogP contribution in [0.4, 0.5) is 5.69 Å². The molecule has 0 atom stereocenters. The third-order valence-corrected chi connectivity index (χ3v) is 4.77. The number of rotatable bonds is 7. The monoisotopic (exact) mass is 465 g/mol. The van der Waals surface area contributed by atoms with Crippen LogP contribution in [0.3, 0.4) is 0 Å². The first-order valence-electron chi connectivity index (χ1n) is 7.40. The lowest BCUT2D eigenvalue weighted by atomic mass is 10.2. The number of benzene rings is 1. The first-order chi connectivity index (χ1) is 12.0. The molecule has 0 saturated carbocycles. The maximum Gasteiger partial charge on any atom is 0.269 e. The van der Waals surface area contributed by atoms with Crippen molar-refractivity contribution in [3.8, 4) is 0 Å². The molecule has 12 nitrogen and oxygen atoms in total. The highest BCUT2D eigenvalue weighted by atomic mass is 79.9. The Balaban J connectivity index is 0.00000364. The highest BCUT2D eigenvalue weighted by Crippen LogP contribution is 2.19. The molecule has 1 aliphatic heterocycles. The highest BCUT2D eigenvalue weighted by Gasteiger charge is 2.33. The molecule has 0 radical (unpaired) electrons. The number of guanidine groups is 2. The number of nitrogens with one attached hydrogen (secondary N) is 1. The average molecular weight is 466 g/mol. The number of aliphatic imine (C=N–C) groups is 2. The summed E-state index contributed by atoms with van der Waals surface area (Å²) >= 11 is 0. The Morgan fingerprint density at radius 2 is 1.89 bits per heavy atom. The largest absolute Gasteiger partial charge is 0.368 e. The number of nitrogens with two attached hydrogens (primary N) is 2. The number of nitrogens with zero attached hydrogens (tertiary/aromatic N) is 4. The second-order valence-electron chi connectivity index (χ2n) is 5.71. The average Bonchev–Trinajstić information content (AvgIpc) is 2.52. The van der Waals surface area contributed by atoms with Gasteiger partial charge in [-0.1, -0.05) is 0 Å². The summed E-state index contributed by atoms with van der Waals surface area (Å²) in [4.78, 5) is 23.2. The third-order valence-electron chi connectivity index (χ3n) is 3.29. The maximum atomic E-state index is 12.2. The summed E-state index contributed by atoms with van der Waals surface area (Å²) in [5.74, 6) is 0.0203. The maximum absolute atomic E-state index is 12.2. The minimum Gasteiger partial charge on any atom is -0.368 e. The SMILES string of the molecule is Br.CC1(C)N=C(N)N=C(N)N1OCCNS(=O)(=O)c1ccc([N+](=O)[O-])cc1. The number of hydrogen-bond acceptors (Lipinski definition) is 10. The van der Waals surface area contributed by atoms with Crippen molar-refractivity contribution < 1.29 is 18.2 Å². The van der Waals surface area contributed by atoms with Crippen molar-refractivity contribution in [2.75, 3.05) is 13.2 Å². The molecule has 0 aromatic heterocycles. The number of nitro groups is 1. The van der Waals surface area contributed by atoms with Crippen molar-refractivity contribution in [3.63, 3.8) is 0 Å². The lowest BCUT2D eigenvalue weighted by Crippen LogP contribution is -2.54. The van der Waals surface area contributed by atoms with E-state index in [-0.39, 0.29) is 52.6 Å². The summed E-state index contributed by atoms with van der Waals surface area (Å²) in [5, 5.41) is 11.8. The quantitative estimate of drug-likeness (QED) is 0.287. The molecule has 0 bridgehead atoms. The van der Waals surface area contributed by atoms with E-state index in [1.165, 1.54) is 5.06 Å². The molecule has 5 N–H and O–H groups in total. The van der Waals surface area contributed by atoms with Crippen molar-refractivity contribution in [1.82, 2.24) is 9.79 Å². The molecule has 0 amide bonds. The number of hydroxylamine groups is 2. The zero-order chi connectivity index (χ0) is 19.5. The van der Waals surface area contributed by atoms with Crippen molar-refractivity contribution in [2.24, 2.45) is 21.5 Å². The summed E-state index contributed by atoms with van der Waals surface area (Å²) in [5.41, 5.74) is 10.2. The number of halogens is 1. The molecule has 27 heavy (non-hydrogen) atoms. The molecule has 2 rings (SSSR count). The molecule has 0 saturated heterocycles. The first-order valence-corrected chi connectivity index (χ1v) is 8.88. The van der Waals surface area contributed by atoms with Crippen LogP contribution in [0.1, 0.15) is 13.8 Å². The van der Waals surface area contributed by atoms with Crippen LogP contribution in [0.15, 0.2) is 39.1 Å². The van der Waals surface area contributed by atoms with Gasteiger partial charge in [0.2, 0.25) is 21.9 Å². The van der Waals surface area contributed by atoms with Gasteiger partial charge >= 0.3 is 0 Å². The van der Waals surface area contributed by atoms with Gasteiger partial charge in [-0.2, -0.15) is 10.1 Å². The molecule has 1 aromatic carbocycles. The fraction of sp³-hybridized carbons (Fsp3) is 0.385. The second-order valence-corrected chi connectivity index (χ2v) is 7.48. The van der Waals surface area contributed by atoms with E-state index in [2.05, 4.69) is 14.7 Å². The van der Waals surface area contributed by atoms with Crippen LogP contribution in [0.25, 0.3) is 0 Å². The van der Waals surface area contributed by atoms with Gasteiger partial charge in [-0.05, 0) is 26.0 Å². The van der Waals surface area contributed by atoms with E-state index in [9.17, 15) is 18.5 Å². The molecule has 1 aromatic rings. The van der Waals surface area contributed by atoms with Crippen LogP contribution in [0, 0.1) is 10.1 Å². The Bertz CT molecular complexity index is 854. The number of non-ortho nitro benzene ring substituents is 1. The number of sulfonamides is 1. The Morgan fingerprint density at radius 1 is 1.30 bits per heavy atom. The fourth-order valence-corrected chi connectivity index (χ4v) is 3.17. The minimum absolute atomic E-state index is 0. The standard InChI is InChI=1S/C13H19N7O5S.BrH/c1-13(2)18-11(14)17-12(15)19(13)25-8-7-16-26(23,24)10-5-3-9(4-6-10)20(21)22;/h3-6,16H,7-8H2,1-2H3,(H4,14,15,17,18);1H. The van der Waals surface area contributed by atoms with Crippen molar-refractivity contribution >= 4 is 44.6 Å². The van der Waals surface area contributed by atoms with E-state index in [1.807, 2.05) is 0 Å². The van der Waals surface area contributed by atoms with E-state index in [4.69, 9.17) is 16.3 Å². The zero-order valence-corrected chi connectivity index (χ0v) is 17.1. The zero-order valence-electron chi connectivity index (χ0n) is 14.5. The van der Waals surface area contributed by atoms with Crippen LogP contribution in [-0.4, -0.2) is 49.1 Å². The third kappa shape index (κ3) is 5.59. The molecule has 0 unspecified atom stereocenters. The summed E-state index contributed by atoms with van der Waals surface area (Å²) in [6.07, 6.45) is 0. The van der Waals surface area contributed by atoms with Gasteiger partial charge in [-0.25, -0.2) is 18.1 Å². The smallest absolute Gasteiger partial charge is 0.269 e. The van der Waals surface area contributed by atoms with E-state index >= 15 is 0 Å². The van der Waals surface area contributed by atoms with Gasteiger partial charge in [-0.3, -0.25) is 15.0 Å². The van der Waals surface area contributed by atoms with Crippen LogP contribution >= 0.6 is 17.0 Å². The van der Waals surface area contributed by atoms with E-state index < -0.39 is 20.6 Å². The molecule has 14 heteroatoms. The lowest BCUT2D eigenvalue weighted by Gasteiger charge is -2.36. The molecule has 0 aliphatic carbocycles. The van der Waals surface area contributed by atoms with Gasteiger partial charge in [-0.15, -0.1) is 17.0 Å². The molecule has 1 heterocycles. The van der Waals surface area contributed by atoms with Crippen molar-refractivity contribution in [2.45, 2.75) is 24.4 Å². The molecule has 0 fully saturated rings. The highest BCUT2D eigenvalue weighted by molar-refractivity contribution is 8.93. The Kier molecular flexibility index (Phi) is 7.25. The predicted molar refractivity (Wildman–Crippen MR) is 104 cm³/mol. The predicted octanol–water partition coefficient (Wildman–Crippen LogP) is 0.0637. The van der Waals surface area contributed by atoms with Crippen LogP contribution in [0.2, 0.25) is 0 Å². The molecule has 0 spiro atoms. The van der Waals surface area contributed by atoms with Gasteiger partial charge in [0.05, 0.1) is 16.4 Å². The van der Waals surface area contributed by atoms with Crippen LogP contribution < -0.4 is 16.2 Å². The number of nitro benzene ring substituents is 1. The van der Waals surface area contributed by atoms with Crippen LogP contribution in [0.5, 0.6) is 0 Å². The van der Waals surface area contributed by atoms with E-state index in [1.54, 1.807) is 13.8 Å². The van der Waals surface area contributed by atoms with Gasteiger partial charge in [0.15, 0.2) is 5.66 Å². The first kappa shape index (κ1) is 22.8. The minimum atomic E-state index is -3.84. The topological polar surface area (TPSA) is 179 Å². The Labute approximate surface area is 166 Å². The normalized spacial score (nSPS) is 16.1. The fourth-order valence-electron chi connectivity index (χ4n) is 2.16. The van der Waals surface area contributed by atoms with E-state index in [0.717, 1.165) is 24.3 Å². The van der Waals surface area contributed by atoms with E-state index in [0.29, 0.717) is 0 Å². The second kappa shape index (κ2) is 8.60. The number of hydrogen-bond donors (Lipinski definition) is 3. The summed E-state index contributed by atoms with van der Waals surface area (Å²) in [7, 11) is -3.84. The molecular formula is C13H20BrN7O5S. The van der Waals surface area contributed by atoms with Gasteiger partial charge in [0, 0.05) is 18.7 Å². The van der Waals surface area contributed by atoms with Gasteiger partial charge in [0.25, 0.3) is 5.69 Å². The Morgan fingerprint density at radius 3 is 2.41 bits per heavy atom. The van der Waals surface area contributed by atoms with Crippen molar-refractivity contribution in [3.05, 3.63) is 34.4 Å². The molecule has 150 valence electrons. The summed E-state index contributed by atoms with van der Waals surface area (Å²) < 4.78 is 26.6. The lowest BCUT2D eigenvalue weighted by molar-refractivity contribution is -0.384. The molecular weight excluding hydrogens is 446 g/mol. The summed E-state index contributed by atoms with van der Waals surface area (Å²) in [6.45, 7) is 3.27. The van der Waals surface area contributed by atoms with Crippen molar-refractivity contribution in [1.29, 1.82) is 0 Å². The van der Waals surface area contributed by atoms with Crippen LogP contribution in [-0.2, 0) is 14.9 Å². The molecule has 1 aliphatic rings. The summed E-state index contributed by atoms with van der Waals surface area (Å²) in [6, 6.07) is 4.52. The van der Waals surface area contributed by atoms with Gasteiger partial charge < -0.3 is 11.5 Å².